The Morgan fingerprint density at radius 2 is 1.91 bits per heavy atom. The number of anilines is 1. The Hall–Kier alpha value is -1.17. The van der Waals surface area contributed by atoms with Crippen molar-refractivity contribution in [1.82, 2.24) is 10.2 Å². The van der Waals surface area contributed by atoms with Crippen LogP contribution < -0.4 is 10.6 Å². The van der Waals surface area contributed by atoms with Gasteiger partial charge in [-0.2, -0.15) is 0 Å². The predicted molar refractivity (Wildman–Crippen MR) is 88.9 cm³/mol. The summed E-state index contributed by atoms with van der Waals surface area (Å²) < 4.78 is 0. The molecule has 8 heteroatoms. The van der Waals surface area contributed by atoms with E-state index >= 15 is 0 Å². The van der Waals surface area contributed by atoms with Gasteiger partial charge in [0.15, 0.2) is 0 Å². The van der Waals surface area contributed by atoms with E-state index in [1.165, 1.54) is 12.1 Å². The van der Waals surface area contributed by atoms with Crippen molar-refractivity contribution in [2.75, 3.05) is 25.0 Å². The largest absolute Gasteiger partial charge is 0.343 e. The lowest BCUT2D eigenvalue weighted by atomic mass is 10.3. The van der Waals surface area contributed by atoms with E-state index in [2.05, 4.69) is 10.6 Å². The van der Waals surface area contributed by atoms with Gasteiger partial charge in [0.1, 0.15) is 0 Å². The lowest BCUT2D eigenvalue weighted by Gasteiger charge is -2.15. The first-order valence-corrected chi connectivity index (χ1v) is 8.08. The second-order valence-electron chi connectivity index (χ2n) is 4.96. The zero-order valence-corrected chi connectivity index (χ0v) is 14.1. The Balaban J connectivity index is 1.74. The van der Waals surface area contributed by atoms with Crippen molar-refractivity contribution in [3.05, 3.63) is 27.2 Å². The Morgan fingerprint density at radius 1 is 1.18 bits per heavy atom. The molecule has 1 aromatic rings. The molecule has 0 saturated carbocycles. The molecule has 1 aliphatic rings. The molecular formula is C14H16Cl3N3O2. The SMILES string of the molecule is O=C(NCCCN1CCCC1=O)Nc1cc(Cl)c(Cl)cc1Cl. The fourth-order valence-electron chi connectivity index (χ4n) is 2.20. The highest BCUT2D eigenvalue weighted by Gasteiger charge is 2.19. The predicted octanol–water partition coefficient (Wildman–Crippen LogP) is 3.78. The molecule has 0 aliphatic carbocycles. The first kappa shape index (κ1) is 17.2. The molecule has 0 bridgehead atoms. The number of rotatable bonds is 5. The summed E-state index contributed by atoms with van der Waals surface area (Å²) >= 11 is 17.7. The molecule has 1 saturated heterocycles. The fraction of sp³-hybridized carbons (Fsp3) is 0.429. The summed E-state index contributed by atoms with van der Waals surface area (Å²) in [6.45, 7) is 1.94. The maximum Gasteiger partial charge on any atom is 0.319 e. The lowest BCUT2D eigenvalue weighted by Crippen LogP contribution is -2.33. The molecule has 1 heterocycles. The van der Waals surface area contributed by atoms with Crippen molar-refractivity contribution in [2.45, 2.75) is 19.3 Å². The second kappa shape index (κ2) is 7.90. The normalized spacial score (nSPS) is 14.3. The van der Waals surface area contributed by atoms with Gasteiger partial charge in [0, 0.05) is 26.1 Å². The maximum absolute atomic E-state index is 11.8. The number of hydrogen-bond donors (Lipinski definition) is 2. The molecule has 0 unspecified atom stereocenters. The van der Waals surface area contributed by atoms with Gasteiger partial charge in [-0.15, -0.1) is 0 Å². The standard InChI is InChI=1S/C14H16Cl3N3O2/c15-9-7-11(17)12(8-10(9)16)19-14(22)18-4-2-6-20-5-1-3-13(20)21/h7-8H,1-6H2,(H2,18,19,22). The third kappa shape index (κ3) is 4.66. The van der Waals surface area contributed by atoms with Crippen LogP contribution in [0.5, 0.6) is 0 Å². The fourth-order valence-corrected chi connectivity index (χ4v) is 2.79. The first-order valence-electron chi connectivity index (χ1n) is 6.94. The minimum absolute atomic E-state index is 0.187. The quantitative estimate of drug-likeness (QED) is 0.617. The van der Waals surface area contributed by atoms with Crippen LogP contribution in [0.3, 0.4) is 0 Å². The van der Waals surface area contributed by atoms with Crippen LogP contribution in [0.1, 0.15) is 19.3 Å². The number of carbonyl (C=O) groups excluding carboxylic acids is 2. The summed E-state index contributed by atoms with van der Waals surface area (Å²) in [5.74, 6) is 0.187. The van der Waals surface area contributed by atoms with Gasteiger partial charge in [-0.05, 0) is 25.0 Å². The summed E-state index contributed by atoms with van der Waals surface area (Å²) in [6, 6.07) is 2.59. The van der Waals surface area contributed by atoms with Gasteiger partial charge in [0.05, 0.1) is 20.8 Å². The van der Waals surface area contributed by atoms with Gasteiger partial charge in [0.2, 0.25) is 5.91 Å². The highest BCUT2D eigenvalue weighted by molar-refractivity contribution is 6.44. The number of urea groups is 1. The van der Waals surface area contributed by atoms with Crippen molar-refractivity contribution in [3.8, 4) is 0 Å². The van der Waals surface area contributed by atoms with Crippen LogP contribution in [0.15, 0.2) is 12.1 Å². The minimum Gasteiger partial charge on any atom is -0.343 e. The number of nitrogens with one attached hydrogen (secondary N) is 2. The van der Waals surface area contributed by atoms with E-state index in [1.54, 1.807) is 0 Å². The molecule has 0 spiro atoms. The molecular weight excluding hydrogens is 349 g/mol. The molecule has 120 valence electrons. The van der Waals surface area contributed by atoms with E-state index in [4.69, 9.17) is 34.8 Å². The second-order valence-corrected chi connectivity index (χ2v) is 6.19. The van der Waals surface area contributed by atoms with Crippen molar-refractivity contribution < 1.29 is 9.59 Å². The Kier molecular flexibility index (Phi) is 6.17. The molecule has 0 radical (unpaired) electrons. The van der Waals surface area contributed by atoms with Crippen molar-refractivity contribution >= 4 is 52.4 Å². The lowest BCUT2D eigenvalue weighted by molar-refractivity contribution is -0.127. The number of nitrogens with zero attached hydrogens (tertiary/aromatic N) is 1. The molecule has 1 fully saturated rings. The highest BCUT2D eigenvalue weighted by Crippen LogP contribution is 2.32. The Bertz CT molecular complexity index is 581. The van der Waals surface area contributed by atoms with Crippen molar-refractivity contribution in [3.63, 3.8) is 0 Å². The van der Waals surface area contributed by atoms with Gasteiger partial charge in [-0.1, -0.05) is 34.8 Å². The van der Waals surface area contributed by atoms with Crippen LogP contribution in [0, 0.1) is 0 Å². The average Bonchev–Trinajstić information content (AvgIpc) is 2.86. The van der Waals surface area contributed by atoms with E-state index in [-0.39, 0.29) is 11.9 Å². The zero-order chi connectivity index (χ0) is 16.1. The molecule has 2 rings (SSSR count). The van der Waals surface area contributed by atoms with Gasteiger partial charge in [0.25, 0.3) is 0 Å². The molecule has 0 atom stereocenters. The first-order chi connectivity index (χ1) is 10.5. The number of benzene rings is 1. The monoisotopic (exact) mass is 363 g/mol. The van der Waals surface area contributed by atoms with Gasteiger partial charge >= 0.3 is 6.03 Å². The van der Waals surface area contributed by atoms with Crippen LogP contribution in [0.4, 0.5) is 10.5 Å². The molecule has 22 heavy (non-hydrogen) atoms. The van der Waals surface area contributed by atoms with Gasteiger partial charge in [-0.3, -0.25) is 4.79 Å². The zero-order valence-electron chi connectivity index (χ0n) is 11.8. The molecule has 0 aromatic heterocycles. The van der Waals surface area contributed by atoms with E-state index < -0.39 is 0 Å². The van der Waals surface area contributed by atoms with E-state index in [0.29, 0.717) is 46.7 Å². The van der Waals surface area contributed by atoms with E-state index in [0.717, 1.165) is 13.0 Å². The molecule has 2 N–H and O–H groups in total. The third-order valence-electron chi connectivity index (χ3n) is 3.32. The number of hydrogen-bond acceptors (Lipinski definition) is 2. The van der Waals surface area contributed by atoms with Crippen LogP contribution in [-0.2, 0) is 4.79 Å². The highest BCUT2D eigenvalue weighted by atomic mass is 35.5. The van der Waals surface area contributed by atoms with Gasteiger partial charge < -0.3 is 15.5 Å². The smallest absolute Gasteiger partial charge is 0.319 e. The van der Waals surface area contributed by atoms with Crippen LogP contribution in [0.2, 0.25) is 15.1 Å². The molecule has 1 aliphatic heterocycles. The topological polar surface area (TPSA) is 61.4 Å². The van der Waals surface area contributed by atoms with Crippen LogP contribution in [0.25, 0.3) is 0 Å². The van der Waals surface area contributed by atoms with E-state index in [1.807, 2.05) is 4.90 Å². The summed E-state index contributed by atoms with van der Waals surface area (Å²) in [6.07, 6.45) is 2.25. The van der Waals surface area contributed by atoms with Gasteiger partial charge in [-0.25, -0.2) is 4.79 Å². The van der Waals surface area contributed by atoms with Crippen molar-refractivity contribution in [2.24, 2.45) is 0 Å². The minimum atomic E-state index is -0.381. The molecule has 1 aromatic carbocycles. The summed E-state index contributed by atoms with van der Waals surface area (Å²) in [5, 5.41) is 6.27. The average molecular weight is 365 g/mol. The molecule has 3 amide bonds. The van der Waals surface area contributed by atoms with Crippen molar-refractivity contribution in [1.29, 1.82) is 0 Å². The summed E-state index contributed by atoms with van der Waals surface area (Å²) in [4.78, 5) is 25.0. The van der Waals surface area contributed by atoms with Crippen LogP contribution in [-0.4, -0.2) is 36.5 Å². The van der Waals surface area contributed by atoms with Crippen LogP contribution >= 0.6 is 34.8 Å². The Labute approximate surface area is 143 Å². The third-order valence-corrected chi connectivity index (χ3v) is 4.35. The number of carbonyl (C=O) groups is 2. The summed E-state index contributed by atoms with van der Waals surface area (Å²) in [5.41, 5.74) is 0.392. The van der Waals surface area contributed by atoms with E-state index in [9.17, 15) is 9.59 Å². The number of likely N-dealkylation sites (tertiary alicyclic amines) is 1. The summed E-state index contributed by atoms with van der Waals surface area (Å²) in [7, 11) is 0. The Morgan fingerprint density at radius 3 is 2.59 bits per heavy atom. The molecule has 5 nitrogen and oxygen atoms in total. The number of halogens is 3. The maximum atomic E-state index is 11.8. The number of amides is 3.